The van der Waals surface area contributed by atoms with Crippen molar-refractivity contribution in [2.75, 3.05) is 0 Å². The zero-order valence-electron chi connectivity index (χ0n) is 10.9. The van der Waals surface area contributed by atoms with E-state index in [0.717, 1.165) is 16.9 Å². The highest BCUT2D eigenvalue weighted by Crippen LogP contribution is 2.24. The molecule has 1 aromatic heterocycles. The number of benzene rings is 1. The number of aromatic nitrogens is 2. The maximum atomic E-state index is 6.28. The van der Waals surface area contributed by atoms with Crippen molar-refractivity contribution in [1.82, 2.24) is 9.78 Å². The molecule has 4 heteroatoms. The summed E-state index contributed by atoms with van der Waals surface area (Å²) >= 11 is 6.28. The lowest BCUT2D eigenvalue weighted by Crippen LogP contribution is -2.06. The van der Waals surface area contributed by atoms with E-state index in [9.17, 15) is 0 Å². The average Bonchev–Trinajstić information content (AvgIpc) is 2.78. The summed E-state index contributed by atoms with van der Waals surface area (Å²) in [5.41, 5.74) is 8.80. The highest BCUT2D eigenvalue weighted by Gasteiger charge is 2.09. The van der Waals surface area contributed by atoms with Gasteiger partial charge in [0.1, 0.15) is 0 Å². The minimum atomic E-state index is -0.0135. The summed E-state index contributed by atoms with van der Waals surface area (Å²) in [6.07, 6.45) is 1.93. The lowest BCUT2D eigenvalue weighted by atomic mass is 10.1. The van der Waals surface area contributed by atoms with E-state index in [1.807, 2.05) is 42.1 Å². The van der Waals surface area contributed by atoms with E-state index in [0.29, 0.717) is 10.9 Å². The second kappa shape index (κ2) is 5.12. The fraction of sp³-hybridized carbons (Fsp3) is 0.357. The number of hydrogen-bond acceptors (Lipinski definition) is 2. The van der Waals surface area contributed by atoms with Gasteiger partial charge in [0.15, 0.2) is 0 Å². The normalized spacial score (nSPS) is 13.0. The second-order valence-electron chi connectivity index (χ2n) is 4.84. The molecule has 0 saturated carbocycles. The molecule has 3 nitrogen and oxygen atoms in total. The molecular weight excluding hydrogens is 246 g/mol. The molecule has 0 aliphatic heterocycles. The molecule has 0 bridgehead atoms. The first-order valence-corrected chi connectivity index (χ1v) is 6.48. The number of rotatable bonds is 3. The van der Waals surface area contributed by atoms with Crippen LogP contribution in [0.1, 0.15) is 44.0 Å². The van der Waals surface area contributed by atoms with E-state index in [-0.39, 0.29) is 6.04 Å². The molecule has 0 aliphatic rings. The van der Waals surface area contributed by atoms with Gasteiger partial charge >= 0.3 is 0 Å². The Morgan fingerprint density at radius 3 is 2.44 bits per heavy atom. The minimum absolute atomic E-state index is 0.0135. The van der Waals surface area contributed by atoms with Gasteiger partial charge in [-0.05, 0) is 36.6 Å². The third kappa shape index (κ3) is 2.57. The molecule has 0 fully saturated rings. The molecule has 0 aliphatic carbocycles. The van der Waals surface area contributed by atoms with E-state index in [1.165, 1.54) is 0 Å². The molecule has 1 atom stereocenters. The van der Waals surface area contributed by atoms with Gasteiger partial charge in [-0.15, -0.1) is 0 Å². The fourth-order valence-electron chi connectivity index (χ4n) is 1.77. The van der Waals surface area contributed by atoms with Crippen LogP contribution >= 0.6 is 11.6 Å². The van der Waals surface area contributed by atoms with Crippen LogP contribution in [0.2, 0.25) is 5.02 Å². The third-order valence-corrected chi connectivity index (χ3v) is 3.25. The summed E-state index contributed by atoms with van der Waals surface area (Å²) in [5, 5.41) is 5.19. The lowest BCUT2D eigenvalue weighted by molar-refractivity contribution is 0.766. The van der Waals surface area contributed by atoms with Gasteiger partial charge in [0.25, 0.3) is 0 Å². The number of nitrogens with zero attached hydrogens (tertiary/aromatic N) is 2. The predicted octanol–water partition coefficient (Wildman–Crippen LogP) is 3.67. The molecule has 0 spiro atoms. The van der Waals surface area contributed by atoms with Crippen LogP contribution in [0.25, 0.3) is 5.69 Å². The topological polar surface area (TPSA) is 43.8 Å². The van der Waals surface area contributed by atoms with Crippen LogP contribution in [0.4, 0.5) is 0 Å². The molecule has 2 aromatic rings. The smallest absolute Gasteiger partial charge is 0.0832 e. The first-order valence-electron chi connectivity index (χ1n) is 6.10. The van der Waals surface area contributed by atoms with Gasteiger partial charge in [-0.1, -0.05) is 31.5 Å². The highest BCUT2D eigenvalue weighted by atomic mass is 35.5. The molecule has 2 N–H and O–H groups in total. The Kier molecular flexibility index (Phi) is 3.73. The van der Waals surface area contributed by atoms with E-state index in [1.54, 1.807) is 0 Å². The van der Waals surface area contributed by atoms with Gasteiger partial charge in [0, 0.05) is 12.2 Å². The number of halogens is 1. The van der Waals surface area contributed by atoms with Crippen LogP contribution in [0.15, 0.2) is 30.5 Å². The number of hydrogen-bond donors (Lipinski definition) is 1. The zero-order valence-corrected chi connectivity index (χ0v) is 11.6. The molecule has 0 radical (unpaired) electrons. The second-order valence-corrected chi connectivity index (χ2v) is 5.25. The Hall–Kier alpha value is -1.32. The highest BCUT2D eigenvalue weighted by molar-refractivity contribution is 6.32. The van der Waals surface area contributed by atoms with Crippen molar-refractivity contribution in [3.05, 3.63) is 46.7 Å². The summed E-state index contributed by atoms with van der Waals surface area (Å²) in [4.78, 5) is 0. The molecule has 0 amide bonds. The van der Waals surface area contributed by atoms with Crippen LogP contribution in [0.3, 0.4) is 0 Å². The summed E-state index contributed by atoms with van der Waals surface area (Å²) < 4.78 is 1.81. The van der Waals surface area contributed by atoms with Gasteiger partial charge in [0.2, 0.25) is 0 Å². The molecule has 2 rings (SSSR count). The monoisotopic (exact) mass is 263 g/mol. The van der Waals surface area contributed by atoms with Crippen LogP contribution in [0, 0.1) is 0 Å². The Labute approximate surface area is 113 Å². The summed E-state index contributed by atoms with van der Waals surface area (Å²) in [7, 11) is 0. The molecule has 1 aromatic carbocycles. The van der Waals surface area contributed by atoms with Crippen molar-refractivity contribution in [3.63, 3.8) is 0 Å². The fourth-order valence-corrected chi connectivity index (χ4v) is 2.05. The van der Waals surface area contributed by atoms with Gasteiger partial charge in [-0.2, -0.15) is 5.10 Å². The molecule has 1 heterocycles. The summed E-state index contributed by atoms with van der Waals surface area (Å²) in [5.74, 6) is 0.411. The SMILES string of the molecule is CC(C)c1ccn(-c2ccc([C@@H](C)N)cc2Cl)n1. The van der Waals surface area contributed by atoms with E-state index in [4.69, 9.17) is 17.3 Å². The van der Waals surface area contributed by atoms with E-state index >= 15 is 0 Å². The maximum absolute atomic E-state index is 6.28. The van der Waals surface area contributed by atoms with Gasteiger partial charge in [-0.3, -0.25) is 0 Å². The van der Waals surface area contributed by atoms with Gasteiger partial charge in [-0.25, -0.2) is 4.68 Å². The predicted molar refractivity (Wildman–Crippen MR) is 75.3 cm³/mol. The zero-order chi connectivity index (χ0) is 13.3. The van der Waals surface area contributed by atoms with Crippen molar-refractivity contribution in [1.29, 1.82) is 0 Å². The molecule has 0 saturated heterocycles. The molecule has 96 valence electrons. The Morgan fingerprint density at radius 1 is 1.22 bits per heavy atom. The maximum Gasteiger partial charge on any atom is 0.0832 e. The Bertz CT molecular complexity index is 544. The van der Waals surface area contributed by atoms with Crippen molar-refractivity contribution in [2.24, 2.45) is 5.73 Å². The average molecular weight is 264 g/mol. The van der Waals surface area contributed by atoms with Crippen molar-refractivity contribution in [2.45, 2.75) is 32.7 Å². The first-order chi connectivity index (χ1) is 8.49. The minimum Gasteiger partial charge on any atom is -0.324 e. The molecule has 18 heavy (non-hydrogen) atoms. The van der Waals surface area contributed by atoms with Crippen LogP contribution in [-0.2, 0) is 0 Å². The van der Waals surface area contributed by atoms with Gasteiger partial charge < -0.3 is 5.73 Å². The van der Waals surface area contributed by atoms with Crippen LogP contribution < -0.4 is 5.73 Å². The lowest BCUT2D eigenvalue weighted by Gasteiger charge is -2.09. The molecule has 0 unspecified atom stereocenters. The first kappa shape index (κ1) is 13.1. The Balaban J connectivity index is 2.38. The molecular formula is C14H18ClN3. The van der Waals surface area contributed by atoms with Crippen molar-refractivity contribution in [3.8, 4) is 5.69 Å². The summed E-state index contributed by atoms with van der Waals surface area (Å²) in [6.45, 7) is 6.18. The quantitative estimate of drug-likeness (QED) is 0.918. The van der Waals surface area contributed by atoms with Crippen molar-refractivity contribution >= 4 is 11.6 Å². The standard InChI is InChI=1S/C14H18ClN3/c1-9(2)13-6-7-18(17-13)14-5-4-11(10(3)16)8-12(14)15/h4-10H,16H2,1-3H3/t10-/m1/s1. The third-order valence-electron chi connectivity index (χ3n) is 2.95. The number of nitrogens with two attached hydrogens (primary N) is 1. The van der Waals surface area contributed by atoms with E-state index < -0.39 is 0 Å². The van der Waals surface area contributed by atoms with Crippen molar-refractivity contribution < 1.29 is 0 Å². The summed E-state index contributed by atoms with van der Waals surface area (Å²) in [6, 6.07) is 7.85. The van der Waals surface area contributed by atoms with Crippen LogP contribution in [-0.4, -0.2) is 9.78 Å². The Morgan fingerprint density at radius 2 is 1.94 bits per heavy atom. The largest absolute Gasteiger partial charge is 0.324 e. The van der Waals surface area contributed by atoms with Gasteiger partial charge in [0.05, 0.1) is 16.4 Å². The van der Waals surface area contributed by atoms with E-state index in [2.05, 4.69) is 18.9 Å². The van der Waals surface area contributed by atoms with Crippen LogP contribution in [0.5, 0.6) is 0 Å².